The van der Waals surface area contributed by atoms with E-state index >= 15 is 0 Å². The van der Waals surface area contributed by atoms with Crippen LogP contribution < -0.4 is 0 Å². The molecule has 1 rings (SSSR count). The highest BCUT2D eigenvalue weighted by atomic mass is 79.9. The number of hydrogen-bond acceptors (Lipinski definition) is 0. The van der Waals surface area contributed by atoms with E-state index in [1.807, 2.05) is 0 Å². The van der Waals surface area contributed by atoms with E-state index in [1.165, 1.54) is 15.6 Å². The average Bonchev–Trinajstić information content (AvgIpc) is 1.95. The molecule has 0 aromatic heterocycles. The van der Waals surface area contributed by atoms with Gasteiger partial charge in [0, 0.05) is 4.47 Å². The summed E-state index contributed by atoms with van der Waals surface area (Å²) in [6, 6.07) is 6.47. The Morgan fingerprint density at radius 3 is 2.60 bits per heavy atom. The van der Waals surface area contributed by atoms with Gasteiger partial charge in [-0.15, -0.1) is 0 Å². The van der Waals surface area contributed by atoms with Crippen LogP contribution in [0.1, 0.15) is 18.1 Å². The van der Waals surface area contributed by atoms with Gasteiger partial charge in [-0.3, -0.25) is 0 Å². The fourth-order valence-electron chi connectivity index (χ4n) is 0.927. The Bertz CT molecular complexity index is 228. The van der Waals surface area contributed by atoms with Crippen LogP contribution in [0.25, 0.3) is 0 Å². The van der Waals surface area contributed by atoms with Gasteiger partial charge in [-0.25, -0.2) is 0 Å². The number of hydrogen-bond donors (Lipinski definition) is 0. The lowest BCUT2D eigenvalue weighted by Gasteiger charge is -1.99. The summed E-state index contributed by atoms with van der Waals surface area (Å²) in [6.07, 6.45) is 1.12. The Balaban J connectivity index is 3.04. The Kier molecular flexibility index (Phi) is 2.50. The lowest BCUT2D eigenvalue weighted by molar-refractivity contribution is 1.13. The normalized spacial score (nSPS) is 9.90. The molecule has 0 spiro atoms. The zero-order valence-electron chi connectivity index (χ0n) is 6.32. The highest BCUT2D eigenvalue weighted by Gasteiger charge is 1.93. The van der Waals surface area contributed by atoms with Gasteiger partial charge in [-0.1, -0.05) is 35.0 Å². The van der Waals surface area contributed by atoms with E-state index in [-0.39, 0.29) is 0 Å². The Morgan fingerprint density at radius 2 is 2.10 bits per heavy atom. The van der Waals surface area contributed by atoms with Crippen molar-refractivity contribution in [1.29, 1.82) is 0 Å². The molecule has 10 heavy (non-hydrogen) atoms. The van der Waals surface area contributed by atoms with E-state index in [4.69, 9.17) is 0 Å². The third-order valence-corrected chi connectivity index (χ3v) is 2.52. The maximum Gasteiger partial charge on any atom is 0.0204 e. The molecule has 0 fully saturated rings. The van der Waals surface area contributed by atoms with Crippen LogP contribution >= 0.6 is 15.9 Å². The van der Waals surface area contributed by atoms with Crippen molar-refractivity contribution in [3.63, 3.8) is 0 Å². The smallest absolute Gasteiger partial charge is 0.0204 e. The molecule has 0 bridgehead atoms. The minimum Gasteiger partial charge on any atom is -0.0613 e. The van der Waals surface area contributed by atoms with Crippen molar-refractivity contribution >= 4 is 15.9 Å². The summed E-state index contributed by atoms with van der Waals surface area (Å²) in [5.74, 6) is 0. The van der Waals surface area contributed by atoms with Crippen LogP contribution in [0, 0.1) is 6.92 Å². The van der Waals surface area contributed by atoms with E-state index in [9.17, 15) is 0 Å². The van der Waals surface area contributed by atoms with Gasteiger partial charge in [0.2, 0.25) is 0 Å². The minimum absolute atomic E-state index is 1.12. The third kappa shape index (κ3) is 1.60. The fraction of sp³-hybridized carbons (Fsp3) is 0.333. The van der Waals surface area contributed by atoms with Gasteiger partial charge >= 0.3 is 0 Å². The SMILES string of the molecule is CCc1ccc(Br)c(C)c1. The van der Waals surface area contributed by atoms with Gasteiger partial charge in [0.25, 0.3) is 0 Å². The molecule has 1 heteroatoms. The monoisotopic (exact) mass is 198 g/mol. The van der Waals surface area contributed by atoms with Crippen molar-refractivity contribution in [3.05, 3.63) is 33.8 Å². The molecule has 0 N–H and O–H groups in total. The van der Waals surface area contributed by atoms with Gasteiger partial charge in [0.1, 0.15) is 0 Å². The molecule has 1 aromatic carbocycles. The third-order valence-electron chi connectivity index (χ3n) is 1.63. The fourth-order valence-corrected chi connectivity index (χ4v) is 1.17. The van der Waals surface area contributed by atoms with Gasteiger partial charge in [-0.05, 0) is 30.5 Å². The van der Waals surface area contributed by atoms with E-state index in [1.54, 1.807) is 0 Å². The van der Waals surface area contributed by atoms with Crippen LogP contribution in [0.3, 0.4) is 0 Å². The van der Waals surface area contributed by atoms with E-state index in [0.29, 0.717) is 0 Å². The maximum atomic E-state index is 3.46. The van der Waals surface area contributed by atoms with Crippen LogP contribution in [-0.2, 0) is 6.42 Å². The Hall–Kier alpha value is -0.300. The topological polar surface area (TPSA) is 0 Å². The summed E-state index contributed by atoms with van der Waals surface area (Å²) in [7, 11) is 0. The van der Waals surface area contributed by atoms with E-state index in [2.05, 4.69) is 48.0 Å². The van der Waals surface area contributed by atoms with Gasteiger partial charge in [0.05, 0.1) is 0 Å². The number of halogens is 1. The molecule has 0 amide bonds. The Morgan fingerprint density at radius 1 is 1.40 bits per heavy atom. The second-order valence-corrected chi connectivity index (χ2v) is 3.29. The van der Waals surface area contributed by atoms with Crippen LogP contribution in [0.2, 0.25) is 0 Å². The zero-order chi connectivity index (χ0) is 7.56. The van der Waals surface area contributed by atoms with Crippen LogP contribution in [0.4, 0.5) is 0 Å². The van der Waals surface area contributed by atoms with Crippen molar-refractivity contribution < 1.29 is 0 Å². The second-order valence-electron chi connectivity index (χ2n) is 2.44. The molecule has 0 radical (unpaired) electrons. The lowest BCUT2D eigenvalue weighted by atomic mass is 10.1. The van der Waals surface area contributed by atoms with Crippen molar-refractivity contribution in [2.75, 3.05) is 0 Å². The molecule has 0 aliphatic rings. The largest absolute Gasteiger partial charge is 0.0613 e. The molecule has 1 aromatic rings. The number of rotatable bonds is 1. The van der Waals surface area contributed by atoms with Crippen molar-refractivity contribution in [2.45, 2.75) is 20.3 Å². The molecule has 0 aliphatic carbocycles. The molecule has 0 heterocycles. The highest BCUT2D eigenvalue weighted by Crippen LogP contribution is 2.16. The first-order chi connectivity index (χ1) is 4.74. The van der Waals surface area contributed by atoms with Crippen LogP contribution in [0.5, 0.6) is 0 Å². The second kappa shape index (κ2) is 3.20. The Labute approximate surface area is 70.4 Å². The van der Waals surface area contributed by atoms with Gasteiger partial charge in [-0.2, -0.15) is 0 Å². The first-order valence-electron chi connectivity index (χ1n) is 3.49. The number of benzene rings is 1. The lowest BCUT2D eigenvalue weighted by Crippen LogP contribution is -1.81. The van der Waals surface area contributed by atoms with Gasteiger partial charge < -0.3 is 0 Å². The standard InChI is InChI=1S/C9H11Br/c1-3-8-4-5-9(10)7(2)6-8/h4-6H,3H2,1-2H3. The van der Waals surface area contributed by atoms with Crippen molar-refractivity contribution in [3.8, 4) is 0 Å². The molecular formula is C9H11Br. The minimum atomic E-state index is 1.12. The zero-order valence-corrected chi connectivity index (χ0v) is 7.90. The summed E-state index contributed by atoms with van der Waals surface area (Å²) in [5.41, 5.74) is 2.72. The first kappa shape index (κ1) is 7.80. The van der Waals surface area contributed by atoms with Gasteiger partial charge in [0.15, 0.2) is 0 Å². The average molecular weight is 199 g/mol. The van der Waals surface area contributed by atoms with Crippen LogP contribution in [0.15, 0.2) is 22.7 Å². The number of aryl methyl sites for hydroxylation is 2. The molecule has 0 atom stereocenters. The summed E-state index contributed by atoms with van der Waals surface area (Å²) in [4.78, 5) is 0. The molecule has 0 saturated heterocycles. The summed E-state index contributed by atoms with van der Waals surface area (Å²) >= 11 is 3.46. The highest BCUT2D eigenvalue weighted by molar-refractivity contribution is 9.10. The predicted octanol–water partition coefficient (Wildman–Crippen LogP) is 3.32. The quantitative estimate of drug-likeness (QED) is 0.650. The predicted molar refractivity (Wildman–Crippen MR) is 48.3 cm³/mol. The van der Waals surface area contributed by atoms with E-state index < -0.39 is 0 Å². The molecule has 54 valence electrons. The van der Waals surface area contributed by atoms with Crippen molar-refractivity contribution in [1.82, 2.24) is 0 Å². The molecule has 0 aliphatic heterocycles. The van der Waals surface area contributed by atoms with E-state index in [0.717, 1.165) is 6.42 Å². The summed E-state index contributed by atoms with van der Waals surface area (Å²) < 4.78 is 1.20. The molecule has 0 unspecified atom stereocenters. The van der Waals surface area contributed by atoms with Crippen LogP contribution in [-0.4, -0.2) is 0 Å². The van der Waals surface area contributed by atoms with Crippen molar-refractivity contribution in [2.24, 2.45) is 0 Å². The summed E-state index contributed by atoms with van der Waals surface area (Å²) in [5, 5.41) is 0. The maximum absolute atomic E-state index is 3.46. The molecular weight excluding hydrogens is 188 g/mol. The summed E-state index contributed by atoms with van der Waals surface area (Å²) in [6.45, 7) is 4.28. The first-order valence-corrected chi connectivity index (χ1v) is 4.28. The molecule has 0 nitrogen and oxygen atoms in total. The molecule has 0 saturated carbocycles.